The van der Waals surface area contributed by atoms with Gasteiger partial charge in [-0.1, -0.05) is 24.3 Å². The fraction of sp³-hybridized carbons (Fsp3) is 0.111. The average molecular weight is 238 g/mol. The van der Waals surface area contributed by atoms with Crippen molar-refractivity contribution in [3.63, 3.8) is 0 Å². The molecule has 0 atom stereocenters. The second-order valence-corrected chi connectivity index (χ2v) is 3.60. The SMILES string of the molecule is C=CCOS(=O)(=O)Oc1ccccc1.[H-].[Na+]. The standard InChI is InChI=1S/C9H10O4S.Na.H/c1-2-8-12-14(10,11)13-9-6-4-3-5-7-9;;/h2-7H,1,8H2;;/q;+1;-1. The van der Waals surface area contributed by atoms with Crippen LogP contribution in [-0.2, 0) is 14.6 Å². The van der Waals surface area contributed by atoms with Crippen LogP contribution in [0.25, 0.3) is 0 Å². The van der Waals surface area contributed by atoms with E-state index < -0.39 is 10.4 Å². The molecule has 0 bridgehead atoms. The summed E-state index contributed by atoms with van der Waals surface area (Å²) in [5.41, 5.74) is 0. The molecule has 0 radical (unpaired) electrons. The van der Waals surface area contributed by atoms with Crippen LogP contribution in [0, 0.1) is 0 Å². The Kier molecular flexibility index (Phi) is 6.87. The Morgan fingerprint density at radius 1 is 1.33 bits per heavy atom. The van der Waals surface area contributed by atoms with Crippen molar-refractivity contribution in [2.45, 2.75) is 0 Å². The molecule has 0 saturated carbocycles. The molecule has 0 aliphatic carbocycles. The number of benzene rings is 1. The normalized spacial score (nSPS) is 10.1. The molecule has 0 unspecified atom stereocenters. The molecule has 0 aromatic heterocycles. The molecule has 78 valence electrons. The van der Waals surface area contributed by atoms with Crippen molar-refractivity contribution in [3.05, 3.63) is 43.0 Å². The van der Waals surface area contributed by atoms with Gasteiger partial charge in [0.05, 0.1) is 6.61 Å². The zero-order valence-corrected chi connectivity index (χ0v) is 11.2. The van der Waals surface area contributed by atoms with Crippen LogP contribution < -0.4 is 33.7 Å². The van der Waals surface area contributed by atoms with Gasteiger partial charge in [0.1, 0.15) is 5.75 Å². The fourth-order valence-corrected chi connectivity index (χ4v) is 1.41. The Balaban J connectivity index is 0. The summed E-state index contributed by atoms with van der Waals surface area (Å²) in [5, 5.41) is 0. The molecule has 1 rings (SSSR count). The molecule has 0 N–H and O–H groups in total. The number of hydrogen-bond acceptors (Lipinski definition) is 4. The zero-order valence-electron chi connectivity index (χ0n) is 9.42. The van der Waals surface area contributed by atoms with E-state index in [4.69, 9.17) is 0 Å². The summed E-state index contributed by atoms with van der Waals surface area (Å²) in [6, 6.07) is 8.13. The van der Waals surface area contributed by atoms with Gasteiger partial charge in [-0.3, -0.25) is 0 Å². The summed E-state index contributed by atoms with van der Waals surface area (Å²) in [7, 11) is -3.97. The molecule has 1 aromatic rings. The van der Waals surface area contributed by atoms with Gasteiger partial charge in [0, 0.05) is 0 Å². The minimum atomic E-state index is -3.97. The van der Waals surface area contributed by atoms with E-state index >= 15 is 0 Å². The molecular formula is C9H11NaO4S. The van der Waals surface area contributed by atoms with Gasteiger partial charge in [0.25, 0.3) is 0 Å². The summed E-state index contributed by atoms with van der Waals surface area (Å²) in [5.74, 6) is 0.219. The van der Waals surface area contributed by atoms with Crippen molar-refractivity contribution in [2.24, 2.45) is 0 Å². The first-order valence-corrected chi connectivity index (χ1v) is 5.22. The van der Waals surface area contributed by atoms with E-state index in [9.17, 15) is 8.42 Å². The van der Waals surface area contributed by atoms with Crippen LogP contribution in [-0.4, -0.2) is 15.0 Å². The second kappa shape index (κ2) is 7.03. The maximum Gasteiger partial charge on any atom is 1.00 e. The van der Waals surface area contributed by atoms with Gasteiger partial charge < -0.3 is 5.61 Å². The van der Waals surface area contributed by atoms with Crippen LogP contribution in [0.15, 0.2) is 43.0 Å². The molecule has 0 saturated heterocycles. The molecule has 0 amide bonds. The average Bonchev–Trinajstić information content (AvgIpc) is 2.16. The third-order valence-electron chi connectivity index (χ3n) is 1.27. The van der Waals surface area contributed by atoms with Crippen LogP contribution in [0.3, 0.4) is 0 Å². The monoisotopic (exact) mass is 238 g/mol. The number of para-hydroxylation sites is 1. The summed E-state index contributed by atoms with van der Waals surface area (Å²) >= 11 is 0. The summed E-state index contributed by atoms with van der Waals surface area (Å²) in [4.78, 5) is 0. The minimum absolute atomic E-state index is 0. The van der Waals surface area contributed by atoms with Crippen molar-refractivity contribution in [2.75, 3.05) is 6.61 Å². The molecule has 6 heteroatoms. The Morgan fingerprint density at radius 3 is 2.47 bits per heavy atom. The van der Waals surface area contributed by atoms with E-state index in [0.717, 1.165) is 0 Å². The first-order chi connectivity index (χ1) is 6.64. The molecule has 0 aliphatic heterocycles. The summed E-state index contributed by atoms with van der Waals surface area (Å²) < 4.78 is 31.2. The van der Waals surface area contributed by atoms with Gasteiger partial charge in [-0.05, 0) is 12.1 Å². The third kappa shape index (κ3) is 5.96. The molecule has 0 fully saturated rings. The predicted octanol–water partition coefficient (Wildman–Crippen LogP) is -1.37. The Bertz CT molecular complexity index is 393. The van der Waals surface area contributed by atoms with Crippen molar-refractivity contribution in [1.82, 2.24) is 0 Å². The van der Waals surface area contributed by atoms with Crippen molar-refractivity contribution in [1.29, 1.82) is 0 Å². The van der Waals surface area contributed by atoms with Gasteiger partial charge in [-0.25, -0.2) is 4.18 Å². The number of rotatable bonds is 5. The largest absolute Gasteiger partial charge is 1.00 e. The maximum atomic E-state index is 11.1. The van der Waals surface area contributed by atoms with Gasteiger partial charge >= 0.3 is 40.0 Å². The van der Waals surface area contributed by atoms with Gasteiger partial charge in [0.2, 0.25) is 0 Å². The van der Waals surface area contributed by atoms with E-state index in [-0.39, 0.29) is 43.3 Å². The van der Waals surface area contributed by atoms with E-state index in [1.165, 1.54) is 18.2 Å². The smallest absolute Gasteiger partial charge is 1.00 e. The van der Waals surface area contributed by atoms with E-state index in [0.29, 0.717) is 0 Å². The van der Waals surface area contributed by atoms with Gasteiger partial charge in [-0.15, -0.1) is 6.58 Å². The quantitative estimate of drug-likeness (QED) is 0.469. The van der Waals surface area contributed by atoms with Crippen LogP contribution in [0.4, 0.5) is 0 Å². The molecule has 15 heavy (non-hydrogen) atoms. The van der Waals surface area contributed by atoms with Crippen LogP contribution in [0.2, 0.25) is 0 Å². The fourth-order valence-electron chi connectivity index (χ4n) is 0.749. The Labute approximate surface area is 113 Å². The Morgan fingerprint density at radius 2 is 1.93 bits per heavy atom. The first kappa shape index (κ1) is 14.7. The molecule has 0 aliphatic rings. The first-order valence-electron chi connectivity index (χ1n) is 3.89. The second-order valence-electron chi connectivity index (χ2n) is 2.38. The maximum absolute atomic E-state index is 11.1. The molecule has 0 heterocycles. The van der Waals surface area contributed by atoms with Crippen molar-refractivity contribution < 1.29 is 47.8 Å². The molecule has 4 nitrogen and oxygen atoms in total. The van der Waals surface area contributed by atoms with Crippen LogP contribution >= 0.6 is 0 Å². The van der Waals surface area contributed by atoms with E-state index in [1.54, 1.807) is 18.2 Å². The topological polar surface area (TPSA) is 52.6 Å². The van der Waals surface area contributed by atoms with Crippen LogP contribution in [0.5, 0.6) is 5.75 Å². The van der Waals surface area contributed by atoms with E-state index in [2.05, 4.69) is 14.9 Å². The predicted molar refractivity (Wildman–Crippen MR) is 53.3 cm³/mol. The van der Waals surface area contributed by atoms with Crippen LogP contribution in [0.1, 0.15) is 1.43 Å². The van der Waals surface area contributed by atoms with Gasteiger partial charge in [-0.2, -0.15) is 8.42 Å². The number of hydrogen-bond donors (Lipinski definition) is 0. The van der Waals surface area contributed by atoms with Crippen molar-refractivity contribution in [3.8, 4) is 5.75 Å². The van der Waals surface area contributed by atoms with E-state index in [1.807, 2.05) is 0 Å². The zero-order chi connectivity index (χ0) is 10.4. The summed E-state index contributed by atoms with van der Waals surface area (Å²) in [6.45, 7) is 3.22. The minimum Gasteiger partial charge on any atom is -1.00 e. The van der Waals surface area contributed by atoms with Crippen molar-refractivity contribution >= 4 is 10.4 Å². The molecule has 0 spiro atoms. The molecular weight excluding hydrogens is 227 g/mol. The summed E-state index contributed by atoms with van der Waals surface area (Å²) in [6.07, 6.45) is 1.33. The van der Waals surface area contributed by atoms with Gasteiger partial charge in [0.15, 0.2) is 0 Å². The molecule has 1 aromatic carbocycles. The third-order valence-corrected chi connectivity index (χ3v) is 2.09. The Hall–Kier alpha value is -0.330.